The van der Waals surface area contributed by atoms with Crippen molar-refractivity contribution in [3.8, 4) is 0 Å². The van der Waals surface area contributed by atoms with E-state index in [2.05, 4.69) is 67.8 Å². The third kappa shape index (κ3) is 39.1. The van der Waals surface area contributed by atoms with Gasteiger partial charge in [-0.25, -0.2) is 0 Å². The van der Waals surface area contributed by atoms with Gasteiger partial charge in [0.2, 0.25) is 5.91 Å². The van der Waals surface area contributed by atoms with E-state index in [9.17, 15) is 15.0 Å². The van der Waals surface area contributed by atoms with Crippen LogP contribution in [0.25, 0.3) is 0 Å². The number of aliphatic hydroxyl groups is 2. The molecule has 0 aromatic carbocycles. The van der Waals surface area contributed by atoms with Gasteiger partial charge >= 0.3 is 0 Å². The zero-order valence-corrected chi connectivity index (χ0v) is 33.9. The monoisotopic (exact) mass is 712 g/mol. The van der Waals surface area contributed by atoms with Crippen molar-refractivity contribution in [2.45, 2.75) is 225 Å². The van der Waals surface area contributed by atoms with Crippen LogP contribution in [-0.2, 0) is 4.79 Å². The molecule has 0 saturated heterocycles. The van der Waals surface area contributed by atoms with Gasteiger partial charge in [-0.1, -0.05) is 209 Å². The van der Waals surface area contributed by atoms with Gasteiger partial charge in [0.15, 0.2) is 0 Å². The summed E-state index contributed by atoms with van der Waals surface area (Å²) in [7, 11) is 0. The van der Waals surface area contributed by atoms with Gasteiger partial charge in [0.05, 0.1) is 18.8 Å². The Morgan fingerprint density at radius 2 is 0.863 bits per heavy atom. The molecule has 0 heterocycles. The highest BCUT2D eigenvalue weighted by Crippen LogP contribution is 2.15. The first-order valence-electron chi connectivity index (χ1n) is 22.0. The van der Waals surface area contributed by atoms with Crippen LogP contribution in [0.4, 0.5) is 0 Å². The minimum atomic E-state index is -0.839. The van der Waals surface area contributed by atoms with E-state index in [0.29, 0.717) is 6.42 Å². The highest BCUT2D eigenvalue weighted by molar-refractivity contribution is 5.76. The number of hydrogen-bond donors (Lipinski definition) is 3. The first kappa shape index (κ1) is 49.1. The normalized spacial score (nSPS) is 13.6. The van der Waals surface area contributed by atoms with Gasteiger partial charge in [0, 0.05) is 6.42 Å². The molecule has 0 radical (unpaired) electrons. The molecule has 2 unspecified atom stereocenters. The molecule has 2 atom stereocenters. The maximum absolute atomic E-state index is 12.4. The Morgan fingerprint density at radius 3 is 1.29 bits per heavy atom. The van der Waals surface area contributed by atoms with E-state index in [1.54, 1.807) is 6.08 Å². The highest BCUT2D eigenvalue weighted by Gasteiger charge is 2.17. The highest BCUT2D eigenvalue weighted by atomic mass is 16.3. The summed E-state index contributed by atoms with van der Waals surface area (Å²) >= 11 is 0. The standard InChI is InChI=1S/C47H85NO3/c1-3-5-7-9-11-13-15-17-18-19-20-21-22-23-24-25-26-27-28-29-30-31-33-35-37-39-41-43-47(51)48-45(44-49)46(50)42-40-38-36-34-32-16-14-12-10-8-6-4-2/h5,7,11,13,17-18,20-21,40,42,45-46,49-50H,3-4,6,8-10,12,14-16,19,22-39,41,43-44H2,1-2H3,(H,48,51)/b7-5-,13-11-,18-17-,21-20-,42-40+. The molecule has 0 fully saturated rings. The Hall–Kier alpha value is -1.91. The van der Waals surface area contributed by atoms with Gasteiger partial charge in [-0.3, -0.25) is 4.79 Å². The smallest absolute Gasteiger partial charge is 0.220 e. The second-order valence-corrected chi connectivity index (χ2v) is 14.7. The molecular weight excluding hydrogens is 627 g/mol. The van der Waals surface area contributed by atoms with Crippen LogP contribution in [0, 0.1) is 0 Å². The quantitative estimate of drug-likeness (QED) is 0.0439. The van der Waals surface area contributed by atoms with E-state index < -0.39 is 12.1 Å². The first-order valence-corrected chi connectivity index (χ1v) is 22.0. The van der Waals surface area contributed by atoms with Crippen LogP contribution in [0.2, 0.25) is 0 Å². The van der Waals surface area contributed by atoms with Crippen molar-refractivity contribution in [3.63, 3.8) is 0 Å². The molecule has 0 aliphatic heterocycles. The SMILES string of the molecule is CC/C=C\C/C=C\C/C=C\C/C=C\CCCCCCCCCCCCCCCCC(=O)NC(CO)C(O)/C=C/CCCCCCCCCCCC. The number of carbonyl (C=O) groups is 1. The molecule has 4 heteroatoms. The molecule has 51 heavy (non-hydrogen) atoms. The van der Waals surface area contributed by atoms with Crippen molar-refractivity contribution in [2.24, 2.45) is 0 Å². The zero-order valence-electron chi connectivity index (χ0n) is 33.9. The van der Waals surface area contributed by atoms with Crippen LogP contribution in [0.5, 0.6) is 0 Å². The number of aliphatic hydroxyl groups excluding tert-OH is 2. The van der Waals surface area contributed by atoms with Crippen molar-refractivity contribution >= 4 is 5.91 Å². The van der Waals surface area contributed by atoms with Crippen molar-refractivity contribution in [1.82, 2.24) is 5.32 Å². The molecule has 0 spiro atoms. The average Bonchev–Trinajstić information content (AvgIpc) is 3.13. The molecule has 296 valence electrons. The van der Waals surface area contributed by atoms with Gasteiger partial charge in [-0.2, -0.15) is 0 Å². The van der Waals surface area contributed by atoms with Crippen LogP contribution in [0.15, 0.2) is 60.8 Å². The Bertz CT molecular complexity index is 858. The fourth-order valence-corrected chi connectivity index (χ4v) is 6.40. The summed E-state index contributed by atoms with van der Waals surface area (Å²) in [5.74, 6) is -0.0675. The number of amides is 1. The third-order valence-electron chi connectivity index (χ3n) is 9.76. The molecule has 0 rings (SSSR count). The Morgan fingerprint density at radius 1 is 0.490 bits per heavy atom. The third-order valence-corrected chi connectivity index (χ3v) is 9.76. The van der Waals surface area contributed by atoms with Crippen molar-refractivity contribution < 1.29 is 15.0 Å². The van der Waals surface area contributed by atoms with Crippen molar-refractivity contribution in [3.05, 3.63) is 60.8 Å². The van der Waals surface area contributed by atoms with E-state index in [4.69, 9.17) is 0 Å². The lowest BCUT2D eigenvalue weighted by Gasteiger charge is -2.20. The Labute approximate surface area is 317 Å². The number of hydrogen-bond acceptors (Lipinski definition) is 3. The Balaban J connectivity index is 3.53. The van der Waals surface area contributed by atoms with Crippen LogP contribution in [0.3, 0.4) is 0 Å². The first-order chi connectivity index (χ1) is 25.2. The van der Waals surface area contributed by atoms with E-state index in [0.717, 1.165) is 51.4 Å². The fourth-order valence-electron chi connectivity index (χ4n) is 6.40. The lowest BCUT2D eigenvalue weighted by molar-refractivity contribution is -0.123. The van der Waals surface area contributed by atoms with E-state index in [1.807, 2.05) is 6.08 Å². The Kier molecular flexibility index (Phi) is 40.9. The molecule has 0 aliphatic carbocycles. The lowest BCUT2D eigenvalue weighted by Crippen LogP contribution is -2.45. The molecule has 0 aliphatic rings. The molecule has 3 N–H and O–H groups in total. The second-order valence-electron chi connectivity index (χ2n) is 14.7. The van der Waals surface area contributed by atoms with Crippen LogP contribution >= 0.6 is 0 Å². The predicted molar refractivity (Wildman–Crippen MR) is 225 cm³/mol. The number of carbonyl (C=O) groups excluding carboxylic acids is 1. The number of nitrogens with one attached hydrogen (secondary N) is 1. The van der Waals surface area contributed by atoms with Gasteiger partial charge in [-0.15, -0.1) is 0 Å². The molecule has 0 saturated carbocycles. The summed E-state index contributed by atoms with van der Waals surface area (Å²) < 4.78 is 0. The number of allylic oxidation sites excluding steroid dienone is 9. The fraction of sp³-hybridized carbons (Fsp3) is 0.766. The van der Waals surface area contributed by atoms with Gasteiger partial charge < -0.3 is 15.5 Å². The zero-order chi connectivity index (χ0) is 37.1. The van der Waals surface area contributed by atoms with E-state index >= 15 is 0 Å². The van der Waals surface area contributed by atoms with Crippen molar-refractivity contribution in [1.29, 1.82) is 0 Å². The lowest BCUT2D eigenvalue weighted by atomic mass is 10.0. The maximum Gasteiger partial charge on any atom is 0.220 e. The molecule has 0 aromatic heterocycles. The summed E-state index contributed by atoms with van der Waals surface area (Å²) in [4.78, 5) is 12.4. The summed E-state index contributed by atoms with van der Waals surface area (Å²) in [5, 5.41) is 23.0. The van der Waals surface area contributed by atoms with Crippen LogP contribution < -0.4 is 5.32 Å². The average molecular weight is 712 g/mol. The summed E-state index contributed by atoms with van der Waals surface area (Å²) in [6.45, 7) is 4.18. The van der Waals surface area contributed by atoms with Crippen LogP contribution in [0.1, 0.15) is 213 Å². The van der Waals surface area contributed by atoms with Crippen LogP contribution in [-0.4, -0.2) is 34.9 Å². The van der Waals surface area contributed by atoms with Gasteiger partial charge in [0.1, 0.15) is 0 Å². The topological polar surface area (TPSA) is 69.6 Å². The predicted octanol–water partition coefficient (Wildman–Crippen LogP) is 13.7. The molecule has 0 aromatic rings. The second kappa shape index (κ2) is 42.5. The van der Waals surface area contributed by atoms with Gasteiger partial charge in [0.25, 0.3) is 0 Å². The number of rotatable bonds is 39. The van der Waals surface area contributed by atoms with E-state index in [1.165, 1.54) is 141 Å². The summed E-state index contributed by atoms with van der Waals surface area (Å²) in [6.07, 6.45) is 59.0. The minimum absolute atomic E-state index is 0.0675. The molecule has 1 amide bonds. The van der Waals surface area contributed by atoms with Crippen molar-refractivity contribution in [2.75, 3.05) is 6.61 Å². The summed E-state index contributed by atoms with van der Waals surface area (Å²) in [5.41, 5.74) is 0. The molecule has 0 bridgehead atoms. The minimum Gasteiger partial charge on any atom is -0.394 e. The van der Waals surface area contributed by atoms with Gasteiger partial charge in [-0.05, 0) is 57.8 Å². The number of unbranched alkanes of at least 4 members (excludes halogenated alkanes) is 24. The molecular formula is C47H85NO3. The maximum atomic E-state index is 12.4. The largest absolute Gasteiger partial charge is 0.394 e. The molecule has 4 nitrogen and oxygen atoms in total. The summed E-state index contributed by atoms with van der Waals surface area (Å²) in [6, 6.07) is -0.622. The van der Waals surface area contributed by atoms with E-state index in [-0.39, 0.29) is 12.5 Å².